The van der Waals surface area contributed by atoms with Crippen molar-refractivity contribution in [3.8, 4) is 0 Å². The smallest absolute Gasteiger partial charge is 0.123 e. The van der Waals surface area contributed by atoms with E-state index < -0.39 is 0 Å². The summed E-state index contributed by atoms with van der Waals surface area (Å²) in [5.41, 5.74) is 2.60. The number of aliphatic hydroxyl groups excluding tert-OH is 1. The topological polar surface area (TPSA) is 32.3 Å². The van der Waals surface area contributed by atoms with Crippen molar-refractivity contribution in [3.63, 3.8) is 0 Å². The maximum absolute atomic E-state index is 13.3. The molecule has 0 aliphatic heterocycles. The van der Waals surface area contributed by atoms with Crippen LogP contribution in [0.15, 0.2) is 46.9 Å². The summed E-state index contributed by atoms with van der Waals surface area (Å²) in [5.74, 6) is -0.295. The predicted octanol–water partition coefficient (Wildman–Crippen LogP) is 4.04. The van der Waals surface area contributed by atoms with Gasteiger partial charge < -0.3 is 10.4 Å². The largest absolute Gasteiger partial charge is 0.394 e. The number of hydrogen-bond acceptors (Lipinski definition) is 2. The second-order valence-electron chi connectivity index (χ2n) is 4.39. The minimum absolute atomic E-state index is 0.0969. The molecule has 0 fully saturated rings. The van der Waals surface area contributed by atoms with Crippen molar-refractivity contribution in [2.75, 3.05) is 11.9 Å². The van der Waals surface area contributed by atoms with Gasteiger partial charge in [-0.15, -0.1) is 0 Å². The molecule has 19 heavy (non-hydrogen) atoms. The molecule has 2 aromatic rings. The molecular formula is C15H15BrFNO. The zero-order chi connectivity index (χ0) is 13.8. The van der Waals surface area contributed by atoms with Crippen molar-refractivity contribution in [1.82, 2.24) is 0 Å². The van der Waals surface area contributed by atoms with Gasteiger partial charge in [0.05, 0.1) is 12.6 Å². The van der Waals surface area contributed by atoms with Crippen LogP contribution in [0.2, 0.25) is 0 Å². The van der Waals surface area contributed by atoms with Gasteiger partial charge in [-0.2, -0.15) is 0 Å². The van der Waals surface area contributed by atoms with Crippen LogP contribution in [0.1, 0.15) is 17.2 Å². The predicted molar refractivity (Wildman–Crippen MR) is 78.7 cm³/mol. The van der Waals surface area contributed by atoms with Gasteiger partial charge in [0.2, 0.25) is 0 Å². The van der Waals surface area contributed by atoms with Crippen LogP contribution >= 0.6 is 15.9 Å². The zero-order valence-corrected chi connectivity index (χ0v) is 12.1. The van der Waals surface area contributed by atoms with Crippen molar-refractivity contribution in [1.29, 1.82) is 0 Å². The first-order valence-electron chi connectivity index (χ1n) is 5.99. The number of hydrogen-bond donors (Lipinski definition) is 2. The molecule has 1 atom stereocenters. The fourth-order valence-corrected chi connectivity index (χ4v) is 2.22. The van der Waals surface area contributed by atoms with Crippen molar-refractivity contribution in [3.05, 3.63) is 63.9 Å². The van der Waals surface area contributed by atoms with Crippen molar-refractivity contribution in [2.24, 2.45) is 0 Å². The Morgan fingerprint density at radius 1 is 1.21 bits per heavy atom. The molecule has 0 aromatic heterocycles. The number of rotatable bonds is 4. The number of aliphatic hydroxyl groups is 1. The zero-order valence-electron chi connectivity index (χ0n) is 10.5. The number of aryl methyl sites for hydroxylation is 1. The first-order chi connectivity index (χ1) is 9.10. The van der Waals surface area contributed by atoms with E-state index in [1.165, 1.54) is 12.1 Å². The molecule has 0 bridgehead atoms. The molecule has 0 amide bonds. The van der Waals surface area contributed by atoms with Crippen LogP contribution < -0.4 is 5.32 Å². The molecule has 0 heterocycles. The number of halogens is 2. The summed E-state index contributed by atoms with van der Waals surface area (Å²) in [6.07, 6.45) is 0. The normalized spacial score (nSPS) is 12.2. The fourth-order valence-electron chi connectivity index (χ4n) is 1.96. The third-order valence-corrected chi connectivity index (χ3v) is 3.51. The third kappa shape index (κ3) is 3.55. The average molecular weight is 324 g/mol. The summed E-state index contributed by atoms with van der Waals surface area (Å²) in [4.78, 5) is 0. The van der Waals surface area contributed by atoms with Crippen LogP contribution in [0.4, 0.5) is 10.1 Å². The molecule has 0 saturated carbocycles. The van der Waals surface area contributed by atoms with Gasteiger partial charge in [-0.05, 0) is 54.4 Å². The molecule has 2 aromatic carbocycles. The summed E-state index contributed by atoms with van der Waals surface area (Å²) in [7, 11) is 0. The van der Waals surface area contributed by atoms with Gasteiger partial charge in [0.15, 0.2) is 0 Å². The fraction of sp³-hybridized carbons (Fsp3) is 0.200. The van der Waals surface area contributed by atoms with Crippen LogP contribution in [-0.2, 0) is 0 Å². The second-order valence-corrected chi connectivity index (χ2v) is 5.30. The van der Waals surface area contributed by atoms with Gasteiger partial charge in [0, 0.05) is 10.2 Å². The first-order valence-corrected chi connectivity index (χ1v) is 6.78. The van der Waals surface area contributed by atoms with E-state index >= 15 is 0 Å². The minimum atomic E-state index is -0.322. The van der Waals surface area contributed by atoms with Gasteiger partial charge in [0.1, 0.15) is 5.82 Å². The molecule has 2 rings (SSSR count). The third-order valence-electron chi connectivity index (χ3n) is 2.98. The van der Waals surface area contributed by atoms with Gasteiger partial charge in [-0.3, -0.25) is 0 Å². The molecule has 0 aliphatic carbocycles. The van der Waals surface area contributed by atoms with E-state index in [0.29, 0.717) is 0 Å². The summed E-state index contributed by atoms with van der Waals surface area (Å²) < 4.78 is 14.3. The lowest BCUT2D eigenvalue weighted by Crippen LogP contribution is -2.16. The van der Waals surface area contributed by atoms with Gasteiger partial charge in [-0.25, -0.2) is 4.39 Å². The van der Waals surface area contributed by atoms with E-state index in [-0.39, 0.29) is 18.5 Å². The second kappa shape index (κ2) is 6.17. The van der Waals surface area contributed by atoms with E-state index in [9.17, 15) is 9.50 Å². The Morgan fingerprint density at radius 3 is 2.53 bits per heavy atom. The van der Waals surface area contributed by atoms with Crippen LogP contribution in [0.25, 0.3) is 0 Å². The Kier molecular flexibility index (Phi) is 4.56. The van der Waals surface area contributed by atoms with E-state index in [0.717, 1.165) is 21.3 Å². The van der Waals surface area contributed by atoms with Gasteiger partial charge in [-0.1, -0.05) is 22.0 Å². The molecule has 2 N–H and O–H groups in total. The lowest BCUT2D eigenvalue weighted by atomic mass is 10.0. The molecule has 0 radical (unpaired) electrons. The van der Waals surface area contributed by atoms with Gasteiger partial charge >= 0.3 is 0 Å². The van der Waals surface area contributed by atoms with Crippen molar-refractivity contribution in [2.45, 2.75) is 13.0 Å². The molecule has 0 spiro atoms. The van der Waals surface area contributed by atoms with E-state index in [1.807, 2.05) is 31.2 Å². The molecule has 1 unspecified atom stereocenters. The monoisotopic (exact) mass is 323 g/mol. The van der Waals surface area contributed by atoms with Crippen molar-refractivity contribution < 1.29 is 9.50 Å². The van der Waals surface area contributed by atoms with Gasteiger partial charge in [0.25, 0.3) is 0 Å². The van der Waals surface area contributed by atoms with Crippen LogP contribution in [0.3, 0.4) is 0 Å². The van der Waals surface area contributed by atoms with Crippen LogP contribution in [0.5, 0.6) is 0 Å². The first kappa shape index (κ1) is 14.0. The average Bonchev–Trinajstić information content (AvgIpc) is 2.41. The molecule has 0 aliphatic rings. The Hall–Kier alpha value is -1.39. The Balaban J connectivity index is 2.24. The highest BCUT2D eigenvalue weighted by Gasteiger charge is 2.13. The minimum Gasteiger partial charge on any atom is -0.394 e. The standard InChI is InChI=1S/C15H15BrFNO/c1-10-2-5-12(17)8-14(10)15(9-19)18-13-6-3-11(16)4-7-13/h2-8,15,18-19H,9H2,1H3. The molecule has 2 nitrogen and oxygen atoms in total. The molecule has 0 saturated heterocycles. The quantitative estimate of drug-likeness (QED) is 0.889. The van der Waals surface area contributed by atoms with E-state index in [2.05, 4.69) is 21.2 Å². The summed E-state index contributed by atoms with van der Waals surface area (Å²) in [6, 6.07) is 11.9. The highest BCUT2D eigenvalue weighted by Crippen LogP contribution is 2.24. The lowest BCUT2D eigenvalue weighted by molar-refractivity contribution is 0.276. The maximum Gasteiger partial charge on any atom is 0.123 e. The Labute approximate surface area is 120 Å². The summed E-state index contributed by atoms with van der Waals surface area (Å²) in [5, 5.41) is 12.7. The SMILES string of the molecule is Cc1ccc(F)cc1C(CO)Nc1ccc(Br)cc1. The van der Waals surface area contributed by atoms with E-state index in [1.54, 1.807) is 6.07 Å². The van der Waals surface area contributed by atoms with E-state index in [4.69, 9.17) is 0 Å². The summed E-state index contributed by atoms with van der Waals surface area (Å²) in [6.45, 7) is 1.81. The molecular weight excluding hydrogens is 309 g/mol. The highest BCUT2D eigenvalue weighted by molar-refractivity contribution is 9.10. The van der Waals surface area contributed by atoms with Crippen molar-refractivity contribution >= 4 is 21.6 Å². The number of nitrogens with one attached hydrogen (secondary N) is 1. The Bertz CT molecular complexity index is 557. The summed E-state index contributed by atoms with van der Waals surface area (Å²) >= 11 is 3.37. The molecule has 4 heteroatoms. The Morgan fingerprint density at radius 2 is 1.89 bits per heavy atom. The highest BCUT2D eigenvalue weighted by atomic mass is 79.9. The van der Waals surface area contributed by atoms with Crippen LogP contribution in [0, 0.1) is 12.7 Å². The molecule has 100 valence electrons. The maximum atomic E-state index is 13.3. The number of benzene rings is 2. The number of anilines is 1. The lowest BCUT2D eigenvalue weighted by Gasteiger charge is -2.20. The van der Waals surface area contributed by atoms with Crippen LogP contribution in [-0.4, -0.2) is 11.7 Å².